The van der Waals surface area contributed by atoms with E-state index in [1.165, 1.54) is 12.1 Å². The largest absolute Gasteiger partial charge is 0.508 e. The lowest BCUT2D eigenvalue weighted by atomic mass is 10.1. The highest BCUT2D eigenvalue weighted by Crippen LogP contribution is 2.11. The highest BCUT2D eigenvalue weighted by molar-refractivity contribution is 5.83. The van der Waals surface area contributed by atoms with Crippen LogP contribution in [0.1, 0.15) is 25.8 Å². The number of phenolic OH excluding ortho intramolecular Hbond substituents is 1. The predicted molar refractivity (Wildman–Crippen MR) is 79.1 cm³/mol. The molecule has 116 valence electrons. The van der Waals surface area contributed by atoms with E-state index in [1.807, 2.05) is 13.8 Å². The molecule has 1 aromatic carbocycles. The van der Waals surface area contributed by atoms with Gasteiger partial charge in [-0.05, 0) is 17.7 Å². The fourth-order valence-corrected chi connectivity index (χ4v) is 1.81. The minimum atomic E-state index is -1.08. The van der Waals surface area contributed by atoms with Gasteiger partial charge in [0.15, 0.2) is 0 Å². The lowest BCUT2D eigenvalue weighted by Gasteiger charge is -2.15. The molecule has 0 aromatic heterocycles. The van der Waals surface area contributed by atoms with Gasteiger partial charge in [-0.3, -0.25) is 4.79 Å². The van der Waals surface area contributed by atoms with Gasteiger partial charge in [0.25, 0.3) is 0 Å². The summed E-state index contributed by atoms with van der Waals surface area (Å²) in [4.78, 5) is 22.9. The average Bonchev–Trinajstić information content (AvgIpc) is 2.40. The maximum Gasteiger partial charge on any atom is 0.326 e. The standard InChI is InChI=1S/C15H22N2O4/c1-10(2)16-8-7-14(19)17-13(15(20)21)9-11-3-5-12(18)6-4-11/h3-6,10,13,16,18H,7-9H2,1-2H3,(H,17,19)(H,20,21)/t13-/m0/s1. The van der Waals surface area contributed by atoms with E-state index >= 15 is 0 Å². The second-order valence-corrected chi connectivity index (χ2v) is 5.19. The second kappa shape index (κ2) is 8.26. The normalized spacial score (nSPS) is 12.1. The smallest absolute Gasteiger partial charge is 0.326 e. The van der Waals surface area contributed by atoms with Gasteiger partial charge in [0.05, 0.1) is 0 Å². The topological polar surface area (TPSA) is 98.7 Å². The van der Waals surface area contributed by atoms with Crippen LogP contribution < -0.4 is 10.6 Å². The van der Waals surface area contributed by atoms with E-state index in [0.29, 0.717) is 6.54 Å². The van der Waals surface area contributed by atoms with Gasteiger partial charge < -0.3 is 20.8 Å². The summed E-state index contributed by atoms with van der Waals surface area (Å²) in [6, 6.07) is 5.56. The summed E-state index contributed by atoms with van der Waals surface area (Å²) < 4.78 is 0. The molecule has 0 unspecified atom stereocenters. The van der Waals surface area contributed by atoms with Crippen molar-refractivity contribution in [2.75, 3.05) is 6.54 Å². The quantitative estimate of drug-likeness (QED) is 0.571. The molecular weight excluding hydrogens is 272 g/mol. The van der Waals surface area contributed by atoms with E-state index in [9.17, 15) is 19.8 Å². The van der Waals surface area contributed by atoms with Gasteiger partial charge in [-0.1, -0.05) is 26.0 Å². The Labute approximate surface area is 124 Å². The van der Waals surface area contributed by atoms with E-state index in [4.69, 9.17) is 0 Å². The molecule has 0 fully saturated rings. The van der Waals surface area contributed by atoms with Crippen molar-refractivity contribution >= 4 is 11.9 Å². The number of hydrogen-bond acceptors (Lipinski definition) is 4. The van der Waals surface area contributed by atoms with E-state index in [1.54, 1.807) is 12.1 Å². The fourth-order valence-electron chi connectivity index (χ4n) is 1.81. The van der Waals surface area contributed by atoms with E-state index in [2.05, 4.69) is 10.6 Å². The number of carbonyl (C=O) groups is 2. The van der Waals surface area contributed by atoms with E-state index in [0.717, 1.165) is 5.56 Å². The van der Waals surface area contributed by atoms with Crippen LogP contribution in [0.2, 0.25) is 0 Å². The summed E-state index contributed by atoms with van der Waals surface area (Å²) in [5, 5.41) is 24.0. The molecule has 0 aliphatic rings. The molecule has 1 rings (SSSR count). The van der Waals surface area contributed by atoms with Crippen molar-refractivity contribution in [2.45, 2.75) is 38.8 Å². The van der Waals surface area contributed by atoms with E-state index in [-0.39, 0.29) is 30.5 Å². The molecule has 0 saturated carbocycles. The lowest BCUT2D eigenvalue weighted by Crippen LogP contribution is -2.43. The zero-order valence-corrected chi connectivity index (χ0v) is 12.3. The molecule has 0 aliphatic carbocycles. The van der Waals surface area contributed by atoms with Crippen LogP contribution >= 0.6 is 0 Å². The highest BCUT2D eigenvalue weighted by atomic mass is 16.4. The number of carboxylic acids is 1. The zero-order chi connectivity index (χ0) is 15.8. The van der Waals surface area contributed by atoms with Crippen molar-refractivity contribution in [3.8, 4) is 5.75 Å². The summed E-state index contributed by atoms with van der Waals surface area (Å²) in [6.45, 7) is 4.46. The first-order chi connectivity index (χ1) is 9.88. The fraction of sp³-hybridized carbons (Fsp3) is 0.467. The van der Waals surface area contributed by atoms with Crippen molar-refractivity contribution in [3.05, 3.63) is 29.8 Å². The van der Waals surface area contributed by atoms with Crippen molar-refractivity contribution in [1.29, 1.82) is 0 Å². The molecule has 1 amide bonds. The molecule has 1 aromatic rings. The van der Waals surface area contributed by atoms with Crippen LogP contribution in [0.15, 0.2) is 24.3 Å². The molecule has 0 radical (unpaired) electrons. The van der Waals surface area contributed by atoms with Crippen LogP contribution in [0.3, 0.4) is 0 Å². The summed E-state index contributed by atoms with van der Waals surface area (Å²) >= 11 is 0. The Morgan fingerprint density at radius 2 is 1.81 bits per heavy atom. The molecule has 6 nitrogen and oxygen atoms in total. The van der Waals surface area contributed by atoms with Crippen molar-refractivity contribution in [2.24, 2.45) is 0 Å². The number of benzene rings is 1. The number of nitrogens with one attached hydrogen (secondary N) is 2. The summed E-state index contributed by atoms with van der Waals surface area (Å²) in [5.41, 5.74) is 0.737. The Kier molecular flexibility index (Phi) is 6.68. The van der Waals surface area contributed by atoms with Crippen LogP contribution in [0.5, 0.6) is 5.75 Å². The molecule has 0 bridgehead atoms. The number of aromatic hydroxyl groups is 1. The minimum absolute atomic E-state index is 0.120. The van der Waals surface area contributed by atoms with Gasteiger partial charge in [-0.15, -0.1) is 0 Å². The van der Waals surface area contributed by atoms with Crippen LogP contribution in [-0.2, 0) is 16.0 Å². The first kappa shape index (κ1) is 17.0. The average molecular weight is 294 g/mol. The van der Waals surface area contributed by atoms with Crippen LogP contribution in [0, 0.1) is 0 Å². The Hall–Kier alpha value is -2.08. The van der Waals surface area contributed by atoms with Crippen LogP contribution in [-0.4, -0.2) is 40.7 Å². The van der Waals surface area contributed by atoms with Gasteiger partial charge in [-0.25, -0.2) is 4.79 Å². The Balaban J connectivity index is 2.51. The number of phenols is 1. The monoisotopic (exact) mass is 294 g/mol. The molecule has 0 heterocycles. The van der Waals surface area contributed by atoms with Crippen molar-refractivity contribution in [3.63, 3.8) is 0 Å². The Bertz CT molecular complexity index is 471. The Morgan fingerprint density at radius 3 is 2.33 bits per heavy atom. The number of hydrogen-bond donors (Lipinski definition) is 4. The van der Waals surface area contributed by atoms with Crippen molar-refractivity contribution < 1.29 is 19.8 Å². The molecule has 0 aliphatic heterocycles. The Morgan fingerprint density at radius 1 is 1.19 bits per heavy atom. The van der Waals surface area contributed by atoms with Crippen LogP contribution in [0.4, 0.5) is 0 Å². The van der Waals surface area contributed by atoms with Crippen LogP contribution in [0.25, 0.3) is 0 Å². The van der Waals surface area contributed by atoms with Gasteiger partial charge >= 0.3 is 5.97 Å². The second-order valence-electron chi connectivity index (χ2n) is 5.19. The van der Waals surface area contributed by atoms with Gasteiger partial charge in [0, 0.05) is 25.4 Å². The van der Waals surface area contributed by atoms with Gasteiger partial charge in [0.1, 0.15) is 11.8 Å². The third-order valence-electron chi connectivity index (χ3n) is 2.91. The number of carbonyl (C=O) groups excluding carboxylic acids is 1. The molecule has 1 atom stereocenters. The van der Waals surface area contributed by atoms with Gasteiger partial charge in [0.2, 0.25) is 5.91 Å². The minimum Gasteiger partial charge on any atom is -0.508 e. The first-order valence-electron chi connectivity index (χ1n) is 6.92. The number of aliphatic carboxylic acids is 1. The van der Waals surface area contributed by atoms with Crippen molar-refractivity contribution in [1.82, 2.24) is 10.6 Å². The predicted octanol–water partition coefficient (Wildman–Crippen LogP) is 0.892. The molecule has 6 heteroatoms. The number of rotatable bonds is 8. The molecule has 21 heavy (non-hydrogen) atoms. The number of amides is 1. The SMILES string of the molecule is CC(C)NCCC(=O)N[C@@H](Cc1ccc(O)cc1)C(=O)O. The first-order valence-corrected chi connectivity index (χ1v) is 6.92. The number of carboxylic acid groups (broad SMARTS) is 1. The molecular formula is C15H22N2O4. The summed E-state index contributed by atoms with van der Waals surface area (Å²) in [5.74, 6) is -1.25. The zero-order valence-electron chi connectivity index (χ0n) is 12.3. The summed E-state index contributed by atoms with van der Waals surface area (Å²) in [7, 11) is 0. The lowest BCUT2D eigenvalue weighted by molar-refractivity contribution is -0.141. The molecule has 0 saturated heterocycles. The maximum absolute atomic E-state index is 11.7. The molecule has 4 N–H and O–H groups in total. The van der Waals surface area contributed by atoms with Gasteiger partial charge in [-0.2, -0.15) is 0 Å². The van der Waals surface area contributed by atoms with E-state index < -0.39 is 12.0 Å². The third-order valence-corrected chi connectivity index (χ3v) is 2.91. The summed E-state index contributed by atoms with van der Waals surface area (Å²) in [6.07, 6.45) is 0.413. The molecule has 0 spiro atoms. The highest BCUT2D eigenvalue weighted by Gasteiger charge is 2.20. The third kappa shape index (κ3) is 6.76. The maximum atomic E-state index is 11.7.